The van der Waals surface area contributed by atoms with Crippen LogP contribution in [0.15, 0.2) is 71.4 Å². The lowest BCUT2D eigenvalue weighted by Crippen LogP contribution is -2.40. The van der Waals surface area contributed by atoms with Gasteiger partial charge in [0, 0.05) is 23.3 Å². The van der Waals surface area contributed by atoms with Gasteiger partial charge < -0.3 is 9.84 Å². The van der Waals surface area contributed by atoms with Crippen LogP contribution in [0.25, 0.3) is 5.57 Å². The lowest BCUT2D eigenvalue weighted by Gasteiger charge is -2.29. The number of aliphatic carboxylic acids is 1. The van der Waals surface area contributed by atoms with E-state index < -0.39 is 5.97 Å². The van der Waals surface area contributed by atoms with Crippen molar-refractivity contribution in [2.24, 2.45) is 10.9 Å². The molecule has 0 aliphatic carbocycles. The second-order valence-electron chi connectivity index (χ2n) is 8.96. The fourth-order valence-electron chi connectivity index (χ4n) is 4.12. The second kappa shape index (κ2) is 10.8. The number of carboxylic acid groups (broad SMARTS) is 1. The number of rotatable bonds is 8. The molecule has 2 unspecified atom stereocenters. The number of nitrogens with one attached hydrogen (secondary N) is 1. The van der Waals surface area contributed by atoms with Crippen LogP contribution in [-0.4, -0.2) is 34.7 Å². The Morgan fingerprint density at radius 1 is 1.19 bits per heavy atom. The molecular weight excluding hydrogens is 452 g/mol. The number of hydrogen-bond donors (Lipinski definition) is 2. The summed E-state index contributed by atoms with van der Waals surface area (Å²) >= 11 is 0. The van der Waals surface area contributed by atoms with Crippen molar-refractivity contribution in [3.8, 4) is 23.7 Å². The minimum Gasteiger partial charge on any atom is -0.489 e. The van der Waals surface area contributed by atoms with E-state index in [1.165, 1.54) is 0 Å². The molecule has 4 rings (SSSR count). The molecule has 2 aliphatic heterocycles. The minimum absolute atomic E-state index is 0.0404. The highest BCUT2D eigenvalue weighted by molar-refractivity contribution is 5.88. The van der Waals surface area contributed by atoms with Crippen LogP contribution in [0.3, 0.4) is 0 Å². The average Bonchev–Trinajstić information content (AvgIpc) is 3.32. The van der Waals surface area contributed by atoms with E-state index in [0.29, 0.717) is 17.9 Å². The fourth-order valence-corrected chi connectivity index (χ4v) is 4.12. The molecule has 0 amide bonds. The number of hydrazine groups is 1. The summed E-state index contributed by atoms with van der Waals surface area (Å²) in [7, 11) is 0. The molecule has 0 saturated heterocycles. The molecule has 2 N–H and O–H groups in total. The molecule has 36 heavy (non-hydrogen) atoms. The maximum absolute atomic E-state index is 11.2. The summed E-state index contributed by atoms with van der Waals surface area (Å²) in [6, 6.07) is 17.1. The van der Waals surface area contributed by atoms with Gasteiger partial charge in [-0.3, -0.25) is 15.2 Å². The number of fused-ring (bicyclic) bond motifs is 1. The first-order valence-electron chi connectivity index (χ1n) is 11.8. The Labute approximate surface area is 211 Å². The van der Waals surface area contributed by atoms with E-state index in [1.807, 2.05) is 59.7 Å². The normalized spacial score (nSPS) is 16.9. The van der Waals surface area contributed by atoms with Crippen LogP contribution >= 0.6 is 0 Å². The maximum Gasteiger partial charge on any atom is 0.304 e. The third-order valence-electron chi connectivity index (χ3n) is 5.97. The van der Waals surface area contributed by atoms with Gasteiger partial charge in [-0.05, 0) is 48.4 Å². The van der Waals surface area contributed by atoms with Crippen molar-refractivity contribution in [2.75, 3.05) is 6.61 Å². The highest BCUT2D eigenvalue weighted by Crippen LogP contribution is 2.32. The largest absolute Gasteiger partial charge is 0.489 e. The van der Waals surface area contributed by atoms with Gasteiger partial charge in [0.1, 0.15) is 18.2 Å². The van der Waals surface area contributed by atoms with E-state index in [2.05, 4.69) is 43.3 Å². The molecule has 0 bridgehead atoms. The molecule has 0 fully saturated rings. The maximum atomic E-state index is 11.2. The van der Waals surface area contributed by atoms with E-state index in [1.54, 1.807) is 6.92 Å². The zero-order chi connectivity index (χ0) is 25.7. The zero-order valence-electron chi connectivity index (χ0n) is 20.5. The number of nitrogens with zero attached hydrogens (tertiary/aromatic N) is 3. The number of ether oxygens (including phenoxy) is 1. The van der Waals surface area contributed by atoms with Crippen LogP contribution in [0.2, 0.25) is 0 Å². The SMILES string of the molecule is CC#CC(CC(=O)O)c1ccc(OCC2=CN3NC(C(C)C)=NC3C(c3ccc(C#N)cc3)=C2)cc1. The molecule has 0 spiro atoms. The molecule has 0 aromatic heterocycles. The standard InChI is InChI=1S/C29H28N4O3/c1-4-5-24(15-27(34)35)22-10-12-25(13-11-22)36-18-21-14-26(23-8-6-20(16-30)7-9-23)29-31-28(19(2)3)32-33(29)17-21/h6-14,17,19,24,29H,15,18H2,1-3H3,(H,31,32)(H,34,35). The molecule has 2 aromatic rings. The Morgan fingerprint density at radius 3 is 2.53 bits per heavy atom. The van der Waals surface area contributed by atoms with Crippen molar-refractivity contribution in [3.63, 3.8) is 0 Å². The molecule has 182 valence electrons. The highest BCUT2D eigenvalue weighted by Gasteiger charge is 2.32. The Bertz CT molecular complexity index is 1320. The minimum atomic E-state index is -0.879. The van der Waals surface area contributed by atoms with Crippen LogP contribution in [-0.2, 0) is 4.79 Å². The second-order valence-corrected chi connectivity index (χ2v) is 8.96. The van der Waals surface area contributed by atoms with Crippen molar-refractivity contribution in [1.82, 2.24) is 10.4 Å². The third-order valence-corrected chi connectivity index (χ3v) is 5.97. The first-order chi connectivity index (χ1) is 17.4. The molecule has 2 heterocycles. The number of nitriles is 1. The van der Waals surface area contributed by atoms with Crippen LogP contribution in [0.4, 0.5) is 0 Å². The quantitative estimate of drug-likeness (QED) is 0.532. The summed E-state index contributed by atoms with van der Waals surface area (Å²) in [5.74, 6) is 6.40. The van der Waals surface area contributed by atoms with E-state index >= 15 is 0 Å². The smallest absolute Gasteiger partial charge is 0.304 e. The lowest BCUT2D eigenvalue weighted by molar-refractivity contribution is -0.137. The van der Waals surface area contributed by atoms with E-state index in [9.17, 15) is 4.79 Å². The first-order valence-corrected chi connectivity index (χ1v) is 11.8. The van der Waals surface area contributed by atoms with Crippen LogP contribution in [0, 0.1) is 29.1 Å². The Morgan fingerprint density at radius 2 is 1.92 bits per heavy atom. The Kier molecular flexibility index (Phi) is 7.42. The van der Waals surface area contributed by atoms with Gasteiger partial charge in [-0.2, -0.15) is 5.26 Å². The molecule has 0 radical (unpaired) electrons. The summed E-state index contributed by atoms with van der Waals surface area (Å²) in [6.45, 7) is 6.24. The van der Waals surface area contributed by atoms with Gasteiger partial charge in [0.2, 0.25) is 0 Å². The van der Waals surface area contributed by atoms with Gasteiger partial charge >= 0.3 is 5.97 Å². The molecular formula is C29H28N4O3. The van der Waals surface area contributed by atoms with Crippen molar-refractivity contribution in [1.29, 1.82) is 5.26 Å². The molecule has 0 saturated carbocycles. The van der Waals surface area contributed by atoms with E-state index in [0.717, 1.165) is 28.1 Å². The van der Waals surface area contributed by atoms with E-state index in [4.69, 9.17) is 20.1 Å². The van der Waals surface area contributed by atoms with Gasteiger partial charge in [0.05, 0.1) is 24.0 Å². The monoisotopic (exact) mass is 480 g/mol. The van der Waals surface area contributed by atoms with Gasteiger partial charge in [-0.15, -0.1) is 5.92 Å². The highest BCUT2D eigenvalue weighted by atomic mass is 16.5. The Hall–Kier alpha value is -4.49. The summed E-state index contributed by atoms with van der Waals surface area (Å²) < 4.78 is 6.06. The van der Waals surface area contributed by atoms with Gasteiger partial charge in [-0.25, -0.2) is 4.99 Å². The summed E-state index contributed by atoms with van der Waals surface area (Å²) in [4.78, 5) is 16.0. The molecule has 2 aromatic carbocycles. The number of aliphatic imine (C=N–C) groups is 1. The predicted octanol–water partition coefficient (Wildman–Crippen LogP) is 4.70. The van der Waals surface area contributed by atoms with Gasteiger partial charge in [-0.1, -0.05) is 44.0 Å². The van der Waals surface area contributed by atoms with Crippen molar-refractivity contribution in [2.45, 2.75) is 39.3 Å². The Balaban J connectivity index is 1.53. The lowest BCUT2D eigenvalue weighted by atomic mass is 9.96. The number of carbonyl (C=O) groups is 1. The summed E-state index contributed by atoms with van der Waals surface area (Å²) in [5, 5.41) is 20.3. The van der Waals surface area contributed by atoms with Gasteiger partial charge in [0.25, 0.3) is 0 Å². The topological polar surface area (TPSA) is 97.9 Å². The number of hydrogen-bond acceptors (Lipinski definition) is 6. The van der Waals surface area contributed by atoms with Crippen LogP contribution in [0.5, 0.6) is 5.75 Å². The average molecular weight is 481 g/mol. The van der Waals surface area contributed by atoms with Crippen molar-refractivity contribution >= 4 is 17.4 Å². The molecule has 7 nitrogen and oxygen atoms in total. The van der Waals surface area contributed by atoms with E-state index in [-0.39, 0.29) is 24.4 Å². The zero-order valence-corrected chi connectivity index (χ0v) is 20.5. The predicted molar refractivity (Wildman–Crippen MR) is 139 cm³/mol. The van der Waals surface area contributed by atoms with Crippen LogP contribution < -0.4 is 10.2 Å². The number of carboxylic acids is 1. The van der Waals surface area contributed by atoms with Crippen LogP contribution in [0.1, 0.15) is 49.8 Å². The van der Waals surface area contributed by atoms with Crippen molar-refractivity contribution in [3.05, 3.63) is 83.1 Å². The van der Waals surface area contributed by atoms with Gasteiger partial charge in [0.15, 0.2) is 6.17 Å². The summed E-state index contributed by atoms with van der Waals surface area (Å²) in [6.07, 6.45) is 3.86. The third kappa shape index (κ3) is 5.59. The molecule has 2 atom stereocenters. The molecule has 7 heteroatoms. The number of benzene rings is 2. The molecule has 2 aliphatic rings. The summed E-state index contributed by atoms with van der Waals surface area (Å²) in [5.41, 5.74) is 7.83. The van der Waals surface area contributed by atoms with Crippen molar-refractivity contribution < 1.29 is 14.6 Å². The fraction of sp³-hybridized carbons (Fsp3) is 0.276. The number of amidine groups is 1. The first kappa shape index (κ1) is 24.6.